The minimum atomic E-state index is 0.188. The van der Waals surface area contributed by atoms with Crippen LogP contribution >= 0.6 is 0 Å². The van der Waals surface area contributed by atoms with E-state index in [0.717, 1.165) is 26.1 Å². The van der Waals surface area contributed by atoms with E-state index in [1.54, 1.807) is 0 Å². The van der Waals surface area contributed by atoms with E-state index in [-0.39, 0.29) is 11.1 Å². The zero-order valence-electron chi connectivity index (χ0n) is 15.1. The Kier molecular flexibility index (Phi) is 5.67. The molecule has 0 unspecified atom stereocenters. The third-order valence-electron chi connectivity index (χ3n) is 5.28. The summed E-state index contributed by atoms with van der Waals surface area (Å²) >= 11 is 0. The number of hydrogen-bond donors (Lipinski definition) is 0. The highest BCUT2D eigenvalue weighted by Crippen LogP contribution is 2.40. The minimum absolute atomic E-state index is 0.188. The molecule has 2 aliphatic rings. The van der Waals surface area contributed by atoms with Crippen LogP contribution in [0.2, 0.25) is 0 Å². The predicted molar refractivity (Wildman–Crippen MR) is 91.2 cm³/mol. The van der Waals surface area contributed by atoms with Crippen LogP contribution in [-0.4, -0.2) is 47.0 Å². The Morgan fingerprint density at radius 3 is 2.27 bits per heavy atom. The first kappa shape index (κ1) is 17.5. The topological polar surface area (TPSA) is 30.3 Å². The van der Waals surface area contributed by atoms with Crippen LogP contribution in [-0.2, 0) is 16.7 Å². The van der Waals surface area contributed by atoms with Crippen molar-refractivity contribution in [3.63, 3.8) is 0 Å². The molecule has 0 amide bonds. The third-order valence-corrected chi connectivity index (χ3v) is 5.28. The standard InChI is InChI=1S/C16H27N3O.C2H6/c1-4-14-11-17-19(12-14)15(2)7-9-18(10-8-15)13-16(20-3)5-6-16;1-2/h11-12H,4-10,13H2,1-3H3;1-2H3. The van der Waals surface area contributed by atoms with Gasteiger partial charge in [0.05, 0.1) is 17.3 Å². The fourth-order valence-corrected chi connectivity index (χ4v) is 3.23. The van der Waals surface area contributed by atoms with Crippen molar-refractivity contribution in [2.45, 2.75) is 70.9 Å². The van der Waals surface area contributed by atoms with Crippen molar-refractivity contribution >= 4 is 0 Å². The van der Waals surface area contributed by atoms with Gasteiger partial charge >= 0.3 is 0 Å². The van der Waals surface area contributed by atoms with Crippen LogP contribution in [0.5, 0.6) is 0 Å². The first-order valence-electron chi connectivity index (χ1n) is 8.91. The maximum absolute atomic E-state index is 5.65. The van der Waals surface area contributed by atoms with Crippen LogP contribution in [0.1, 0.15) is 58.9 Å². The molecule has 22 heavy (non-hydrogen) atoms. The third kappa shape index (κ3) is 3.72. The van der Waals surface area contributed by atoms with E-state index in [1.165, 1.54) is 31.2 Å². The van der Waals surface area contributed by atoms with Gasteiger partial charge in [-0.1, -0.05) is 20.8 Å². The average Bonchev–Trinajstić information content (AvgIpc) is 3.16. The van der Waals surface area contributed by atoms with Crippen LogP contribution in [0.25, 0.3) is 0 Å². The maximum atomic E-state index is 5.65. The van der Waals surface area contributed by atoms with Gasteiger partial charge < -0.3 is 9.64 Å². The molecular weight excluding hydrogens is 274 g/mol. The van der Waals surface area contributed by atoms with Crippen molar-refractivity contribution in [3.8, 4) is 0 Å². The smallest absolute Gasteiger partial charge is 0.0807 e. The molecule has 4 heteroatoms. The Morgan fingerprint density at radius 2 is 1.82 bits per heavy atom. The number of piperidine rings is 1. The molecule has 0 spiro atoms. The quantitative estimate of drug-likeness (QED) is 0.834. The number of hydrogen-bond acceptors (Lipinski definition) is 3. The maximum Gasteiger partial charge on any atom is 0.0807 e. The van der Waals surface area contributed by atoms with Crippen molar-refractivity contribution in [2.24, 2.45) is 0 Å². The van der Waals surface area contributed by atoms with Crippen LogP contribution < -0.4 is 0 Å². The number of nitrogens with zero attached hydrogens (tertiary/aromatic N) is 3. The molecule has 0 bridgehead atoms. The summed E-state index contributed by atoms with van der Waals surface area (Å²) in [6.07, 6.45) is 10.1. The summed E-state index contributed by atoms with van der Waals surface area (Å²) in [5.74, 6) is 0. The fraction of sp³-hybridized carbons (Fsp3) is 0.833. The number of aromatic nitrogens is 2. The van der Waals surface area contributed by atoms with E-state index in [4.69, 9.17) is 4.74 Å². The van der Waals surface area contributed by atoms with Crippen molar-refractivity contribution in [1.29, 1.82) is 0 Å². The molecule has 0 aromatic carbocycles. The van der Waals surface area contributed by atoms with Gasteiger partial charge in [0.25, 0.3) is 0 Å². The highest BCUT2D eigenvalue weighted by atomic mass is 16.5. The lowest BCUT2D eigenvalue weighted by atomic mass is 9.89. The highest BCUT2D eigenvalue weighted by molar-refractivity contribution is 5.06. The Balaban J connectivity index is 0.000000847. The molecule has 3 rings (SSSR count). The second-order valence-corrected chi connectivity index (χ2v) is 6.81. The summed E-state index contributed by atoms with van der Waals surface area (Å²) in [5, 5.41) is 4.58. The molecule has 1 aromatic rings. The van der Waals surface area contributed by atoms with Gasteiger partial charge in [0.15, 0.2) is 0 Å². The van der Waals surface area contributed by atoms with Crippen LogP contribution in [0.3, 0.4) is 0 Å². The number of ether oxygens (including phenoxy) is 1. The Labute approximate surface area is 135 Å². The van der Waals surface area contributed by atoms with Crippen molar-refractivity contribution in [3.05, 3.63) is 18.0 Å². The lowest BCUT2D eigenvalue weighted by Crippen LogP contribution is -2.47. The molecule has 0 radical (unpaired) electrons. The molecule has 1 aliphatic carbocycles. The highest BCUT2D eigenvalue weighted by Gasteiger charge is 2.45. The largest absolute Gasteiger partial charge is 0.377 e. The summed E-state index contributed by atoms with van der Waals surface area (Å²) in [7, 11) is 1.86. The predicted octanol–water partition coefficient (Wildman–Crippen LogP) is 3.46. The van der Waals surface area contributed by atoms with Gasteiger partial charge in [0.2, 0.25) is 0 Å². The summed E-state index contributed by atoms with van der Waals surface area (Å²) in [5.41, 5.74) is 1.72. The van der Waals surface area contributed by atoms with Crippen LogP contribution in [0, 0.1) is 0 Å². The van der Waals surface area contributed by atoms with Gasteiger partial charge in [-0.15, -0.1) is 0 Å². The van der Waals surface area contributed by atoms with E-state index in [9.17, 15) is 0 Å². The molecular formula is C18H33N3O. The molecule has 1 saturated carbocycles. The van der Waals surface area contributed by atoms with Gasteiger partial charge in [-0.2, -0.15) is 5.10 Å². The second kappa shape index (κ2) is 7.14. The molecule has 126 valence electrons. The number of methoxy groups -OCH3 is 1. The zero-order chi connectivity index (χ0) is 16.2. The van der Waals surface area contributed by atoms with Gasteiger partial charge in [-0.3, -0.25) is 4.68 Å². The molecule has 2 fully saturated rings. The number of rotatable bonds is 5. The first-order valence-corrected chi connectivity index (χ1v) is 8.91. The Hall–Kier alpha value is -0.870. The molecule has 0 N–H and O–H groups in total. The lowest BCUT2D eigenvalue weighted by Gasteiger charge is -2.40. The fourth-order valence-electron chi connectivity index (χ4n) is 3.23. The monoisotopic (exact) mass is 307 g/mol. The number of aryl methyl sites for hydroxylation is 1. The molecule has 4 nitrogen and oxygen atoms in total. The zero-order valence-corrected chi connectivity index (χ0v) is 15.1. The SMILES string of the molecule is CC.CCc1cnn(C2(C)CCN(CC3(OC)CC3)CC2)c1. The summed E-state index contributed by atoms with van der Waals surface area (Å²) < 4.78 is 7.85. The van der Waals surface area contributed by atoms with E-state index < -0.39 is 0 Å². The molecule has 1 saturated heterocycles. The van der Waals surface area contributed by atoms with E-state index in [2.05, 4.69) is 34.7 Å². The van der Waals surface area contributed by atoms with E-state index >= 15 is 0 Å². The molecule has 2 heterocycles. The normalized spacial score (nSPS) is 22.8. The summed E-state index contributed by atoms with van der Waals surface area (Å²) in [6.45, 7) is 12.0. The Bertz CT molecular complexity index is 457. The van der Waals surface area contributed by atoms with Gasteiger partial charge in [0.1, 0.15) is 0 Å². The van der Waals surface area contributed by atoms with E-state index in [0.29, 0.717) is 0 Å². The number of likely N-dealkylation sites (tertiary alicyclic amines) is 1. The van der Waals surface area contributed by atoms with Crippen LogP contribution in [0.15, 0.2) is 12.4 Å². The summed E-state index contributed by atoms with van der Waals surface area (Å²) in [6, 6.07) is 0. The van der Waals surface area contributed by atoms with E-state index in [1.807, 2.05) is 27.2 Å². The second-order valence-electron chi connectivity index (χ2n) is 6.81. The first-order chi connectivity index (χ1) is 10.6. The average molecular weight is 307 g/mol. The molecule has 0 atom stereocenters. The Morgan fingerprint density at radius 1 is 1.18 bits per heavy atom. The minimum Gasteiger partial charge on any atom is -0.377 e. The van der Waals surface area contributed by atoms with Crippen molar-refractivity contribution in [1.82, 2.24) is 14.7 Å². The van der Waals surface area contributed by atoms with Gasteiger partial charge in [0, 0.05) is 32.9 Å². The summed E-state index contributed by atoms with van der Waals surface area (Å²) in [4.78, 5) is 2.57. The lowest BCUT2D eigenvalue weighted by molar-refractivity contribution is 0.0214. The van der Waals surface area contributed by atoms with Crippen LogP contribution in [0.4, 0.5) is 0 Å². The molecule has 1 aromatic heterocycles. The molecule has 1 aliphatic heterocycles. The van der Waals surface area contributed by atoms with Crippen molar-refractivity contribution < 1.29 is 4.74 Å². The van der Waals surface area contributed by atoms with Gasteiger partial charge in [-0.25, -0.2) is 0 Å². The van der Waals surface area contributed by atoms with Crippen molar-refractivity contribution in [2.75, 3.05) is 26.7 Å². The van der Waals surface area contributed by atoms with Gasteiger partial charge in [-0.05, 0) is 44.6 Å².